The topological polar surface area (TPSA) is 66.3 Å². The Labute approximate surface area is 160 Å². The number of amides is 1. The molecule has 1 atom stereocenters. The Hall–Kier alpha value is -2.25. The van der Waals surface area contributed by atoms with Crippen molar-refractivity contribution in [3.8, 4) is 0 Å². The number of nitrogens with zero attached hydrogens (tertiary/aromatic N) is 5. The highest BCUT2D eigenvalue weighted by atomic mass is 16.2. The zero-order valence-electron chi connectivity index (χ0n) is 15.9. The van der Waals surface area contributed by atoms with Crippen LogP contribution >= 0.6 is 0 Å². The van der Waals surface area contributed by atoms with Gasteiger partial charge < -0.3 is 10.2 Å². The average molecular weight is 368 g/mol. The minimum atomic E-state index is 0.00189. The molecule has 144 valence electrons. The van der Waals surface area contributed by atoms with E-state index in [1.807, 2.05) is 21.8 Å². The van der Waals surface area contributed by atoms with Crippen molar-refractivity contribution >= 4 is 5.91 Å². The van der Waals surface area contributed by atoms with Gasteiger partial charge in [0.05, 0.1) is 12.2 Å². The molecule has 3 heterocycles. The van der Waals surface area contributed by atoms with E-state index in [-0.39, 0.29) is 11.9 Å². The SMILES string of the molecule is C[C@H]1CN(Cc2ccccc2)CCN1C(=O)c1cn(C2CCNCC2)nn1. The Balaban J connectivity index is 1.36. The maximum absolute atomic E-state index is 13.0. The molecule has 0 bridgehead atoms. The largest absolute Gasteiger partial charge is 0.332 e. The number of carbonyl (C=O) groups is 1. The Bertz CT molecular complexity index is 755. The minimum absolute atomic E-state index is 0.00189. The number of rotatable bonds is 4. The van der Waals surface area contributed by atoms with Crippen molar-refractivity contribution in [2.75, 3.05) is 32.7 Å². The Kier molecular flexibility index (Phi) is 5.50. The standard InChI is InChI=1S/C20H28N6O/c1-16-13-24(14-17-5-3-2-4-6-17)11-12-25(16)20(27)19-15-26(23-22-19)18-7-9-21-10-8-18/h2-6,15-16,18,21H,7-14H2,1H3/t16-/m0/s1. The van der Waals surface area contributed by atoms with Gasteiger partial charge in [0, 0.05) is 32.2 Å². The summed E-state index contributed by atoms with van der Waals surface area (Å²) in [7, 11) is 0. The first kappa shape index (κ1) is 18.1. The molecule has 7 nitrogen and oxygen atoms in total. The van der Waals surface area contributed by atoms with Crippen LogP contribution in [0.5, 0.6) is 0 Å². The molecule has 2 aliphatic rings. The normalized spacial score (nSPS) is 22.1. The third-order valence-corrected chi connectivity index (χ3v) is 5.63. The lowest BCUT2D eigenvalue weighted by Gasteiger charge is -2.39. The predicted molar refractivity (Wildman–Crippen MR) is 103 cm³/mol. The molecule has 1 N–H and O–H groups in total. The monoisotopic (exact) mass is 368 g/mol. The van der Waals surface area contributed by atoms with Gasteiger partial charge in [0.2, 0.25) is 0 Å². The third kappa shape index (κ3) is 4.20. The van der Waals surface area contributed by atoms with Crippen LogP contribution in [-0.4, -0.2) is 69.5 Å². The molecule has 0 saturated carbocycles. The van der Waals surface area contributed by atoms with Crippen LogP contribution in [0.4, 0.5) is 0 Å². The quantitative estimate of drug-likeness (QED) is 0.887. The van der Waals surface area contributed by atoms with Gasteiger partial charge in [0.25, 0.3) is 5.91 Å². The molecule has 1 aromatic carbocycles. The first-order valence-electron chi connectivity index (χ1n) is 9.90. The first-order valence-corrected chi connectivity index (χ1v) is 9.90. The zero-order valence-corrected chi connectivity index (χ0v) is 15.9. The number of nitrogens with one attached hydrogen (secondary N) is 1. The van der Waals surface area contributed by atoms with Gasteiger partial charge in [-0.1, -0.05) is 35.5 Å². The fraction of sp³-hybridized carbons (Fsp3) is 0.550. The van der Waals surface area contributed by atoms with E-state index >= 15 is 0 Å². The Morgan fingerprint density at radius 3 is 2.70 bits per heavy atom. The molecule has 0 spiro atoms. The van der Waals surface area contributed by atoms with Gasteiger partial charge in [-0.05, 0) is 38.4 Å². The summed E-state index contributed by atoms with van der Waals surface area (Å²) < 4.78 is 1.88. The number of benzene rings is 1. The number of hydrogen-bond acceptors (Lipinski definition) is 5. The van der Waals surface area contributed by atoms with Crippen LogP contribution < -0.4 is 5.32 Å². The molecule has 4 rings (SSSR count). The van der Waals surface area contributed by atoms with E-state index in [9.17, 15) is 4.79 Å². The molecule has 1 amide bonds. The van der Waals surface area contributed by atoms with Crippen LogP contribution in [-0.2, 0) is 6.54 Å². The molecule has 0 radical (unpaired) electrons. The van der Waals surface area contributed by atoms with Crippen LogP contribution in [0, 0.1) is 0 Å². The lowest BCUT2D eigenvalue weighted by Crippen LogP contribution is -2.53. The fourth-order valence-corrected chi connectivity index (χ4v) is 4.09. The summed E-state index contributed by atoms with van der Waals surface area (Å²) in [5.74, 6) is 0.00189. The van der Waals surface area contributed by atoms with Crippen molar-refractivity contribution in [1.29, 1.82) is 0 Å². The zero-order chi connectivity index (χ0) is 18.6. The molecule has 2 fully saturated rings. The van der Waals surface area contributed by atoms with E-state index in [4.69, 9.17) is 0 Å². The number of carbonyl (C=O) groups excluding carboxylic acids is 1. The summed E-state index contributed by atoms with van der Waals surface area (Å²) >= 11 is 0. The summed E-state index contributed by atoms with van der Waals surface area (Å²) in [6.45, 7) is 7.53. The second kappa shape index (κ2) is 8.19. The van der Waals surface area contributed by atoms with Gasteiger partial charge in [-0.2, -0.15) is 0 Å². The first-order chi connectivity index (χ1) is 13.2. The Morgan fingerprint density at radius 2 is 1.96 bits per heavy atom. The molecule has 2 aliphatic heterocycles. The summed E-state index contributed by atoms with van der Waals surface area (Å²) in [6, 6.07) is 11.0. The van der Waals surface area contributed by atoms with Crippen LogP contribution in [0.3, 0.4) is 0 Å². The van der Waals surface area contributed by atoms with E-state index in [1.165, 1.54) is 5.56 Å². The maximum atomic E-state index is 13.0. The van der Waals surface area contributed by atoms with Crippen molar-refractivity contribution in [3.63, 3.8) is 0 Å². The molecule has 0 unspecified atom stereocenters. The highest BCUT2D eigenvalue weighted by Gasteiger charge is 2.30. The molecular weight excluding hydrogens is 340 g/mol. The summed E-state index contributed by atoms with van der Waals surface area (Å²) in [5, 5.41) is 11.8. The summed E-state index contributed by atoms with van der Waals surface area (Å²) in [5.41, 5.74) is 1.78. The molecule has 0 aliphatic carbocycles. The van der Waals surface area contributed by atoms with E-state index in [1.54, 1.807) is 0 Å². The number of piperazine rings is 1. The van der Waals surface area contributed by atoms with Crippen molar-refractivity contribution in [2.45, 2.75) is 38.4 Å². The van der Waals surface area contributed by atoms with E-state index < -0.39 is 0 Å². The van der Waals surface area contributed by atoms with Crippen molar-refractivity contribution in [2.24, 2.45) is 0 Å². The lowest BCUT2D eigenvalue weighted by molar-refractivity contribution is 0.0470. The van der Waals surface area contributed by atoms with Crippen molar-refractivity contribution in [3.05, 3.63) is 47.8 Å². The molecule has 2 saturated heterocycles. The van der Waals surface area contributed by atoms with Crippen LogP contribution in [0.15, 0.2) is 36.5 Å². The van der Waals surface area contributed by atoms with Gasteiger partial charge in [-0.25, -0.2) is 4.68 Å². The van der Waals surface area contributed by atoms with Crippen LogP contribution in [0.25, 0.3) is 0 Å². The second-order valence-electron chi connectivity index (χ2n) is 7.63. The van der Waals surface area contributed by atoms with Crippen LogP contribution in [0.1, 0.15) is 41.9 Å². The summed E-state index contributed by atoms with van der Waals surface area (Å²) in [6.07, 6.45) is 3.90. The molecule has 7 heteroatoms. The molecule has 27 heavy (non-hydrogen) atoms. The predicted octanol–water partition coefficient (Wildman–Crippen LogP) is 1.55. The van der Waals surface area contributed by atoms with Gasteiger partial charge in [0.15, 0.2) is 5.69 Å². The number of piperidine rings is 1. The minimum Gasteiger partial charge on any atom is -0.332 e. The average Bonchev–Trinajstić information content (AvgIpc) is 3.19. The van der Waals surface area contributed by atoms with Gasteiger partial charge in [-0.3, -0.25) is 9.69 Å². The van der Waals surface area contributed by atoms with Gasteiger partial charge >= 0.3 is 0 Å². The number of hydrogen-bond donors (Lipinski definition) is 1. The third-order valence-electron chi connectivity index (χ3n) is 5.63. The Morgan fingerprint density at radius 1 is 1.19 bits per heavy atom. The van der Waals surface area contributed by atoms with Gasteiger partial charge in [0.1, 0.15) is 0 Å². The maximum Gasteiger partial charge on any atom is 0.276 e. The van der Waals surface area contributed by atoms with Crippen molar-refractivity contribution < 1.29 is 4.79 Å². The highest BCUT2D eigenvalue weighted by Crippen LogP contribution is 2.19. The van der Waals surface area contributed by atoms with E-state index in [0.717, 1.165) is 52.1 Å². The number of aromatic nitrogens is 3. The van der Waals surface area contributed by atoms with Crippen LogP contribution in [0.2, 0.25) is 0 Å². The molecule has 2 aromatic rings. The van der Waals surface area contributed by atoms with E-state index in [0.29, 0.717) is 11.7 Å². The van der Waals surface area contributed by atoms with Gasteiger partial charge in [-0.15, -0.1) is 5.10 Å². The highest BCUT2D eigenvalue weighted by molar-refractivity contribution is 5.92. The second-order valence-corrected chi connectivity index (χ2v) is 7.63. The molecule has 1 aromatic heterocycles. The van der Waals surface area contributed by atoms with E-state index in [2.05, 4.69) is 51.7 Å². The van der Waals surface area contributed by atoms with Crippen molar-refractivity contribution in [1.82, 2.24) is 30.1 Å². The lowest BCUT2D eigenvalue weighted by atomic mass is 10.1. The fourth-order valence-electron chi connectivity index (χ4n) is 4.09. The summed E-state index contributed by atoms with van der Waals surface area (Å²) in [4.78, 5) is 17.3. The smallest absolute Gasteiger partial charge is 0.276 e. The molecular formula is C20H28N6O.